The Morgan fingerprint density at radius 2 is 2.08 bits per heavy atom. The minimum Gasteiger partial charge on any atom is -0.444 e. The summed E-state index contributed by atoms with van der Waals surface area (Å²) in [6.45, 7) is 9.93. The van der Waals surface area contributed by atoms with E-state index in [9.17, 15) is 9.59 Å². The van der Waals surface area contributed by atoms with Crippen molar-refractivity contribution in [2.45, 2.75) is 76.8 Å². The SMILES string of the molecule is COCCCN1C=C(Cl)C2C=NC(C(C)N(C(=O)[C@H]3CN(C(=O)OC(C)(C)C)CCO3)C3CC3)=CC21. The number of nitrogens with zero attached hydrogens (tertiary/aromatic N) is 4. The van der Waals surface area contributed by atoms with Gasteiger partial charge in [-0.05, 0) is 53.0 Å². The number of hydrogen-bond donors (Lipinski definition) is 0. The largest absolute Gasteiger partial charge is 0.444 e. The first-order valence-electron chi connectivity index (χ1n) is 12.9. The van der Waals surface area contributed by atoms with Crippen LogP contribution in [0.15, 0.2) is 28.0 Å². The van der Waals surface area contributed by atoms with E-state index in [0.29, 0.717) is 19.8 Å². The predicted octanol–water partition coefficient (Wildman–Crippen LogP) is 3.39. The number of aliphatic imine (C=N–C) groups is 1. The molecule has 2 fully saturated rings. The van der Waals surface area contributed by atoms with Gasteiger partial charge in [-0.1, -0.05) is 11.6 Å². The standard InChI is InChI=1S/C26H39ClN4O5/c1-17(21-13-22-19(14-28-21)20(27)15-29(22)9-6-11-34-5)31(18-7-8-18)24(32)23-16-30(10-12-35-23)25(33)36-26(2,3)4/h13-15,17-19,22-23H,6-12,16H2,1-5H3/t17?,19?,22?,23-/m1/s1. The molecule has 200 valence electrons. The molecular formula is C26H39ClN4O5. The summed E-state index contributed by atoms with van der Waals surface area (Å²) in [5, 5.41) is 0.775. The van der Waals surface area contributed by atoms with E-state index in [1.807, 2.05) is 45.0 Å². The fourth-order valence-electron chi connectivity index (χ4n) is 4.93. The summed E-state index contributed by atoms with van der Waals surface area (Å²) in [7, 11) is 1.70. The van der Waals surface area contributed by atoms with Gasteiger partial charge in [-0.25, -0.2) is 4.79 Å². The zero-order valence-corrected chi connectivity index (χ0v) is 22.7. The zero-order valence-electron chi connectivity index (χ0n) is 22.0. The Bertz CT molecular complexity index is 926. The number of amides is 2. The lowest BCUT2D eigenvalue weighted by molar-refractivity contribution is -0.151. The summed E-state index contributed by atoms with van der Waals surface area (Å²) in [4.78, 5) is 36.8. The highest BCUT2D eigenvalue weighted by molar-refractivity contribution is 6.31. The van der Waals surface area contributed by atoms with Gasteiger partial charge in [0.05, 0.1) is 36.9 Å². The molecule has 2 amide bonds. The molecule has 0 aromatic rings. The lowest BCUT2D eigenvalue weighted by Crippen LogP contribution is -2.55. The summed E-state index contributed by atoms with van der Waals surface area (Å²) >= 11 is 6.52. The minimum atomic E-state index is -0.719. The van der Waals surface area contributed by atoms with Crippen molar-refractivity contribution in [3.8, 4) is 0 Å². The van der Waals surface area contributed by atoms with Gasteiger partial charge in [0.25, 0.3) is 5.91 Å². The molecule has 0 N–H and O–H groups in total. The molecule has 4 aliphatic rings. The lowest BCUT2D eigenvalue weighted by Gasteiger charge is -2.38. The van der Waals surface area contributed by atoms with Crippen molar-refractivity contribution in [3.63, 3.8) is 0 Å². The molecule has 3 heterocycles. The Labute approximate surface area is 219 Å². The van der Waals surface area contributed by atoms with Crippen LogP contribution in [0.3, 0.4) is 0 Å². The van der Waals surface area contributed by atoms with Gasteiger partial charge in [-0.2, -0.15) is 0 Å². The lowest BCUT2D eigenvalue weighted by atomic mass is 9.97. The second-order valence-corrected chi connectivity index (χ2v) is 11.4. The van der Waals surface area contributed by atoms with Gasteiger partial charge in [0.2, 0.25) is 0 Å². The summed E-state index contributed by atoms with van der Waals surface area (Å²) in [6.07, 6.45) is 7.72. The van der Waals surface area contributed by atoms with E-state index >= 15 is 0 Å². The molecular weight excluding hydrogens is 484 g/mol. The molecule has 3 unspecified atom stereocenters. The number of halogens is 1. The number of hydrogen-bond acceptors (Lipinski definition) is 7. The Morgan fingerprint density at radius 1 is 1.33 bits per heavy atom. The molecule has 1 saturated heterocycles. The Hall–Kier alpha value is -2.10. The molecule has 0 aromatic heterocycles. The minimum absolute atomic E-state index is 0.0271. The van der Waals surface area contributed by atoms with Crippen molar-refractivity contribution in [1.29, 1.82) is 0 Å². The Balaban J connectivity index is 1.46. The molecule has 10 heteroatoms. The van der Waals surface area contributed by atoms with Crippen LogP contribution >= 0.6 is 11.6 Å². The molecule has 36 heavy (non-hydrogen) atoms. The van der Waals surface area contributed by atoms with Gasteiger partial charge in [0, 0.05) is 50.3 Å². The van der Waals surface area contributed by atoms with Gasteiger partial charge < -0.3 is 28.9 Å². The first-order valence-corrected chi connectivity index (χ1v) is 13.3. The van der Waals surface area contributed by atoms with Crippen LogP contribution < -0.4 is 0 Å². The highest BCUT2D eigenvalue weighted by atomic mass is 35.5. The highest BCUT2D eigenvalue weighted by Gasteiger charge is 2.43. The first kappa shape index (κ1) is 26.9. The van der Waals surface area contributed by atoms with Gasteiger partial charge in [0.1, 0.15) is 5.60 Å². The third kappa shape index (κ3) is 6.23. The summed E-state index contributed by atoms with van der Waals surface area (Å²) in [5.74, 6) is -0.0738. The number of rotatable bonds is 8. The van der Waals surface area contributed by atoms with E-state index in [1.54, 1.807) is 12.0 Å². The third-order valence-electron chi connectivity index (χ3n) is 6.88. The van der Waals surface area contributed by atoms with Crippen LogP contribution in [0.25, 0.3) is 0 Å². The van der Waals surface area contributed by atoms with Crippen LogP contribution in [-0.2, 0) is 19.0 Å². The van der Waals surface area contributed by atoms with Crippen molar-refractivity contribution >= 4 is 29.8 Å². The van der Waals surface area contributed by atoms with Crippen LogP contribution in [0.5, 0.6) is 0 Å². The van der Waals surface area contributed by atoms with E-state index in [1.165, 1.54) is 0 Å². The quantitative estimate of drug-likeness (QED) is 0.454. The molecule has 0 bridgehead atoms. The zero-order chi connectivity index (χ0) is 26.0. The number of fused-ring (bicyclic) bond motifs is 1. The number of ether oxygens (including phenoxy) is 3. The molecule has 1 aliphatic carbocycles. The van der Waals surface area contributed by atoms with Crippen LogP contribution in [0.4, 0.5) is 4.79 Å². The molecule has 9 nitrogen and oxygen atoms in total. The number of methoxy groups -OCH3 is 1. The van der Waals surface area contributed by atoms with Crippen LogP contribution in [-0.4, -0.2) is 103 Å². The maximum absolute atomic E-state index is 13.7. The van der Waals surface area contributed by atoms with E-state index in [0.717, 1.165) is 36.5 Å². The van der Waals surface area contributed by atoms with Gasteiger partial charge in [0.15, 0.2) is 6.10 Å². The Morgan fingerprint density at radius 3 is 2.75 bits per heavy atom. The topological polar surface area (TPSA) is 83.9 Å². The second kappa shape index (κ2) is 11.1. The normalized spacial score (nSPS) is 26.8. The maximum Gasteiger partial charge on any atom is 0.410 e. The average Bonchev–Trinajstić information content (AvgIpc) is 3.62. The van der Waals surface area contributed by atoms with E-state index in [2.05, 4.69) is 11.0 Å². The van der Waals surface area contributed by atoms with Crippen molar-refractivity contribution < 1.29 is 23.8 Å². The van der Waals surface area contributed by atoms with Crippen LogP contribution in [0.1, 0.15) is 47.0 Å². The third-order valence-corrected chi connectivity index (χ3v) is 7.23. The highest BCUT2D eigenvalue weighted by Crippen LogP contribution is 2.37. The van der Waals surface area contributed by atoms with Crippen molar-refractivity contribution in [1.82, 2.24) is 14.7 Å². The first-order chi connectivity index (χ1) is 17.1. The van der Waals surface area contributed by atoms with Crippen LogP contribution in [0.2, 0.25) is 0 Å². The maximum atomic E-state index is 13.7. The van der Waals surface area contributed by atoms with E-state index < -0.39 is 17.8 Å². The second-order valence-electron chi connectivity index (χ2n) is 10.9. The van der Waals surface area contributed by atoms with Gasteiger partial charge in [-0.3, -0.25) is 9.79 Å². The molecule has 0 spiro atoms. The number of morpholine rings is 1. The number of carbonyl (C=O) groups is 2. The van der Waals surface area contributed by atoms with Crippen molar-refractivity contribution in [3.05, 3.63) is 23.0 Å². The molecule has 4 atom stereocenters. The van der Waals surface area contributed by atoms with E-state index in [-0.39, 0.29) is 36.5 Å². The molecule has 3 aliphatic heterocycles. The number of carbonyl (C=O) groups excluding carboxylic acids is 2. The fraction of sp³-hybridized carbons (Fsp3) is 0.731. The Kier molecular flexibility index (Phi) is 8.32. The van der Waals surface area contributed by atoms with Crippen molar-refractivity contribution in [2.24, 2.45) is 10.9 Å². The molecule has 4 rings (SSSR count). The molecule has 0 aromatic carbocycles. The summed E-state index contributed by atoms with van der Waals surface area (Å²) in [6, 6.07) is 0.0156. The molecule has 1 saturated carbocycles. The predicted molar refractivity (Wildman–Crippen MR) is 138 cm³/mol. The van der Waals surface area contributed by atoms with Gasteiger partial charge >= 0.3 is 6.09 Å². The van der Waals surface area contributed by atoms with Crippen LogP contribution in [0, 0.1) is 5.92 Å². The van der Waals surface area contributed by atoms with Gasteiger partial charge in [-0.15, -0.1) is 0 Å². The average molecular weight is 523 g/mol. The van der Waals surface area contributed by atoms with Crippen molar-refractivity contribution in [2.75, 3.05) is 40.0 Å². The summed E-state index contributed by atoms with van der Waals surface area (Å²) in [5.41, 5.74) is 0.259. The fourth-order valence-corrected chi connectivity index (χ4v) is 5.25. The molecule has 0 radical (unpaired) electrons. The smallest absolute Gasteiger partial charge is 0.410 e. The summed E-state index contributed by atoms with van der Waals surface area (Å²) < 4.78 is 16.6. The monoisotopic (exact) mass is 522 g/mol. The van der Waals surface area contributed by atoms with E-state index in [4.69, 9.17) is 30.8 Å².